The number of aromatic nitrogens is 1. The molecule has 22 heavy (non-hydrogen) atoms. The first-order valence-corrected chi connectivity index (χ1v) is 7.94. The summed E-state index contributed by atoms with van der Waals surface area (Å²) in [6.45, 7) is 4.17. The van der Waals surface area contributed by atoms with Crippen molar-refractivity contribution in [1.82, 2.24) is 10.5 Å². The Bertz CT molecular complexity index is 575. The van der Waals surface area contributed by atoms with Gasteiger partial charge >= 0.3 is 0 Å². The predicted molar refractivity (Wildman–Crippen MR) is 82.8 cm³/mol. The number of carbonyl (C=O) groups excluding carboxylic acids is 1. The fourth-order valence-electron chi connectivity index (χ4n) is 2.09. The van der Waals surface area contributed by atoms with Crippen molar-refractivity contribution in [3.05, 3.63) is 39.4 Å². The Morgan fingerprint density at radius 3 is 2.95 bits per heavy atom. The molecule has 0 aliphatic carbocycles. The molecular formula is C15H20N2O4S. The lowest BCUT2D eigenvalue weighted by Crippen LogP contribution is -2.31. The van der Waals surface area contributed by atoms with E-state index in [2.05, 4.69) is 10.5 Å². The number of thiophene rings is 1. The van der Waals surface area contributed by atoms with Crippen LogP contribution in [-0.2, 0) is 16.0 Å². The van der Waals surface area contributed by atoms with Crippen LogP contribution in [0.5, 0.6) is 0 Å². The third-order valence-electron chi connectivity index (χ3n) is 3.27. The topological polar surface area (TPSA) is 84.6 Å². The van der Waals surface area contributed by atoms with E-state index in [0.717, 1.165) is 16.1 Å². The SMILES string of the molecule is Cc1noc(C)c1CC(=O)NCC(OCCO)c1cccs1. The van der Waals surface area contributed by atoms with Gasteiger partial charge in [-0.1, -0.05) is 11.2 Å². The average Bonchev–Trinajstić information content (AvgIpc) is 3.13. The second kappa shape index (κ2) is 8.07. The van der Waals surface area contributed by atoms with Crippen LogP contribution in [0.4, 0.5) is 0 Å². The van der Waals surface area contributed by atoms with Crippen LogP contribution in [0, 0.1) is 13.8 Å². The maximum absolute atomic E-state index is 12.1. The quantitative estimate of drug-likeness (QED) is 0.773. The summed E-state index contributed by atoms with van der Waals surface area (Å²) in [4.78, 5) is 13.1. The third kappa shape index (κ3) is 4.40. The Morgan fingerprint density at radius 1 is 1.55 bits per heavy atom. The molecule has 1 amide bonds. The number of aryl methyl sites for hydroxylation is 2. The number of nitrogens with zero attached hydrogens (tertiary/aromatic N) is 1. The number of hydrogen-bond acceptors (Lipinski definition) is 6. The van der Waals surface area contributed by atoms with Crippen LogP contribution in [0.2, 0.25) is 0 Å². The van der Waals surface area contributed by atoms with E-state index in [1.54, 1.807) is 18.3 Å². The molecule has 0 aromatic carbocycles. The number of amides is 1. The molecule has 120 valence electrons. The number of ether oxygens (including phenoxy) is 1. The zero-order valence-corrected chi connectivity index (χ0v) is 13.5. The molecule has 1 unspecified atom stereocenters. The predicted octanol–water partition coefficient (Wildman–Crippen LogP) is 1.76. The molecule has 6 nitrogen and oxygen atoms in total. The van der Waals surface area contributed by atoms with Gasteiger partial charge in [-0.05, 0) is 25.3 Å². The molecule has 1 atom stereocenters. The van der Waals surface area contributed by atoms with Gasteiger partial charge in [0.25, 0.3) is 0 Å². The third-order valence-corrected chi connectivity index (χ3v) is 4.24. The van der Waals surface area contributed by atoms with Crippen molar-refractivity contribution in [2.45, 2.75) is 26.4 Å². The highest BCUT2D eigenvalue weighted by Gasteiger charge is 2.17. The first-order valence-electron chi connectivity index (χ1n) is 7.06. The first-order chi connectivity index (χ1) is 10.6. The van der Waals surface area contributed by atoms with Gasteiger partial charge in [-0.25, -0.2) is 0 Å². The number of rotatable bonds is 8. The summed E-state index contributed by atoms with van der Waals surface area (Å²) in [5.41, 5.74) is 1.56. The fraction of sp³-hybridized carbons (Fsp3) is 0.467. The molecule has 2 heterocycles. The number of hydrogen-bond donors (Lipinski definition) is 2. The summed E-state index contributed by atoms with van der Waals surface area (Å²) < 4.78 is 10.6. The minimum Gasteiger partial charge on any atom is -0.394 e. The number of nitrogens with one attached hydrogen (secondary N) is 1. The van der Waals surface area contributed by atoms with Crippen molar-refractivity contribution in [3.63, 3.8) is 0 Å². The summed E-state index contributed by atoms with van der Waals surface area (Å²) in [5, 5.41) is 17.6. The molecule has 0 bridgehead atoms. The minimum atomic E-state index is -0.249. The van der Waals surface area contributed by atoms with E-state index in [0.29, 0.717) is 12.3 Å². The normalized spacial score (nSPS) is 12.3. The summed E-state index contributed by atoms with van der Waals surface area (Å²) >= 11 is 1.56. The van der Waals surface area contributed by atoms with Gasteiger partial charge in [0.15, 0.2) is 0 Å². The van der Waals surface area contributed by atoms with Crippen LogP contribution >= 0.6 is 11.3 Å². The van der Waals surface area contributed by atoms with Crippen LogP contribution in [0.15, 0.2) is 22.0 Å². The summed E-state index contributed by atoms with van der Waals surface area (Å²) in [7, 11) is 0. The van der Waals surface area contributed by atoms with Crippen LogP contribution < -0.4 is 5.32 Å². The summed E-state index contributed by atoms with van der Waals surface area (Å²) in [6, 6.07) is 3.88. The second-order valence-corrected chi connectivity index (χ2v) is 5.86. The molecule has 0 radical (unpaired) electrons. The highest BCUT2D eigenvalue weighted by atomic mass is 32.1. The summed E-state index contributed by atoms with van der Waals surface area (Å²) in [6.07, 6.45) is -0.0148. The van der Waals surface area contributed by atoms with Crippen LogP contribution in [0.3, 0.4) is 0 Å². The Balaban J connectivity index is 1.90. The zero-order chi connectivity index (χ0) is 15.9. The van der Waals surface area contributed by atoms with Gasteiger partial charge in [0.2, 0.25) is 5.91 Å². The number of aliphatic hydroxyl groups is 1. The van der Waals surface area contributed by atoms with Gasteiger partial charge in [0, 0.05) is 17.0 Å². The van der Waals surface area contributed by atoms with Gasteiger partial charge in [-0.2, -0.15) is 0 Å². The lowest BCUT2D eigenvalue weighted by molar-refractivity contribution is -0.121. The lowest BCUT2D eigenvalue weighted by Gasteiger charge is -2.16. The van der Waals surface area contributed by atoms with Gasteiger partial charge in [0.1, 0.15) is 11.9 Å². The lowest BCUT2D eigenvalue weighted by atomic mass is 10.1. The molecule has 2 aromatic rings. The van der Waals surface area contributed by atoms with E-state index in [1.165, 1.54) is 0 Å². The molecule has 0 saturated heterocycles. The summed E-state index contributed by atoms with van der Waals surface area (Å²) in [5.74, 6) is 0.558. The van der Waals surface area contributed by atoms with Gasteiger partial charge in [0.05, 0.1) is 25.3 Å². The number of carbonyl (C=O) groups is 1. The first kappa shape index (κ1) is 16.7. The molecule has 0 aliphatic rings. The molecule has 0 fully saturated rings. The molecular weight excluding hydrogens is 304 g/mol. The Kier molecular flexibility index (Phi) is 6.11. The molecule has 0 saturated carbocycles. The maximum Gasteiger partial charge on any atom is 0.224 e. The molecule has 2 rings (SSSR count). The zero-order valence-electron chi connectivity index (χ0n) is 12.7. The standard InChI is InChI=1S/C15H20N2O4S/c1-10-12(11(2)21-17-10)8-15(19)16-9-13(20-6-5-18)14-4-3-7-22-14/h3-4,7,13,18H,5-6,8-9H2,1-2H3,(H,16,19). The van der Waals surface area contributed by atoms with E-state index < -0.39 is 0 Å². The van der Waals surface area contributed by atoms with Crippen molar-refractivity contribution < 1.29 is 19.2 Å². The van der Waals surface area contributed by atoms with Crippen LogP contribution in [0.25, 0.3) is 0 Å². The Labute approximate surface area is 133 Å². The Morgan fingerprint density at radius 2 is 2.36 bits per heavy atom. The van der Waals surface area contributed by atoms with Crippen molar-refractivity contribution in [2.24, 2.45) is 0 Å². The minimum absolute atomic E-state index is 0.0467. The smallest absolute Gasteiger partial charge is 0.224 e. The molecule has 7 heteroatoms. The molecule has 0 spiro atoms. The van der Waals surface area contributed by atoms with E-state index in [9.17, 15) is 4.79 Å². The van der Waals surface area contributed by atoms with Crippen molar-refractivity contribution >= 4 is 17.2 Å². The second-order valence-electron chi connectivity index (χ2n) is 4.88. The van der Waals surface area contributed by atoms with Crippen molar-refractivity contribution in [3.8, 4) is 0 Å². The van der Waals surface area contributed by atoms with Gasteiger partial charge in [-0.3, -0.25) is 4.79 Å². The maximum atomic E-state index is 12.1. The average molecular weight is 324 g/mol. The van der Waals surface area contributed by atoms with E-state index in [4.69, 9.17) is 14.4 Å². The highest BCUT2D eigenvalue weighted by Crippen LogP contribution is 2.22. The monoisotopic (exact) mass is 324 g/mol. The number of aliphatic hydroxyl groups excluding tert-OH is 1. The Hall–Kier alpha value is -1.70. The fourth-order valence-corrected chi connectivity index (χ4v) is 2.87. The molecule has 2 aromatic heterocycles. The molecule has 2 N–H and O–H groups in total. The van der Waals surface area contributed by atoms with Crippen molar-refractivity contribution in [2.75, 3.05) is 19.8 Å². The van der Waals surface area contributed by atoms with Crippen LogP contribution in [0.1, 0.15) is 28.0 Å². The van der Waals surface area contributed by atoms with E-state index >= 15 is 0 Å². The van der Waals surface area contributed by atoms with Gasteiger partial charge < -0.3 is 19.7 Å². The largest absolute Gasteiger partial charge is 0.394 e. The van der Waals surface area contributed by atoms with E-state index in [-0.39, 0.29) is 31.6 Å². The highest BCUT2D eigenvalue weighted by molar-refractivity contribution is 7.10. The van der Waals surface area contributed by atoms with Crippen LogP contribution in [-0.4, -0.2) is 35.9 Å². The van der Waals surface area contributed by atoms with E-state index in [1.807, 2.05) is 24.4 Å². The van der Waals surface area contributed by atoms with Crippen molar-refractivity contribution in [1.29, 1.82) is 0 Å². The molecule has 0 aliphatic heterocycles. The van der Waals surface area contributed by atoms with Gasteiger partial charge in [-0.15, -0.1) is 11.3 Å².